The first-order valence-corrected chi connectivity index (χ1v) is 17.5. The monoisotopic (exact) mass is 710 g/mol. The van der Waals surface area contributed by atoms with Gasteiger partial charge in [0.2, 0.25) is 0 Å². The molecule has 14 nitrogen and oxygen atoms in total. The number of aliphatic hydroxyl groups is 3. The number of rotatable bonds is 8. The van der Waals surface area contributed by atoms with Gasteiger partial charge in [-0.3, -0.25) is 19.7 Å². The number of carbonyl (C=O) groups is 2. The molecule has 1 aromatic rings. The second kappa shape index (κ2) is 16.7. The van der Waals surface area contributed by atoms with E-state index in [0.717, 1.165) is 0 Å². The van der Waals surface area contributed by atoms with Gasteiger partial charge < -0.3 is 43.9 Å². The molecule has 0 amide bonds. The van der Waals surface area contributed by atoms with Gasteiger partial charge >= 0.3 is 11.7 Å². The molecule has 284 valence electrons. The van der Waals surface area contributed by atoms with Crippen LogP contribution < -0.4 is 4.74 Å². The number of esters is 1. The number of carbonyl (C=O) groups excluding carboxylic acids is 2. The van der Waals surface area contributed by atoms with Gasteiger partial charge in [-0.2, -0.15) is 0 Å². The van der Waals surface area contributed by atoms with E-state index in [1.807, 2.05) is 25.9 Å². The van der Waals surface area contributed by atoms with Crippen LogP contribution in [0.1, 0.15) is 74.7 Å². The molecule has 2 saturated heterocycles. The zero-order valence-corrected chi connectivity index (χ0v) is 31.3. The van der Waals surface area contributed by atoms with Crippen LogP contribution in [0.25, 0.3) is 0 Å². The van der Waals surface area contributed by atoms with Crippen LogP contribution in [0.4, 0.5) is 5.69 Å². The van der Waals surface area contributed by atoms with Crippen LogP contribution in [0.3, 0.4) is 0 Å². The van der Waals surface area contributed by atoms with E-state index in [1.165, 1.54) is 39.2 Å². The average Bonchev–Trinajstić information content (AvgIpc) is 3.07. The van der Waals surface area contributed by atoms with Gasteiger partial charge in [0, 0.05) is 37.0 Å². The molecule has 3 N–H and O–H groups in total. The third kappa shape index (κ3) is 8.83. The molecular formula is C36H58N2O12. The Balaban J connectivity index is 2.26. The summed E-state index contributed by atoms with van der Waals surface area (Å²) in [5, 5.41) is 46.4. The highest BCUT2D eigenvalue weighted by Crippen LogP contribution is 2.41. The Kier molecular flexibility index (Phi) is 14.0. The number of methoxy groups -OCH3 is 1. The minimum atomic E-state index is -2.01. The Hall–Kier alpha value is -2.72. The van der Waals surface area contributed by atoms with E-state index >= 15 is 0 Å². The van der Waals surface area contributed by atoms with Crippen LogP contribution in [0, 0.1) is 33.8 Å². The van der Waals surface area contributed by atoms with Crippen LogP contribution in [0.15, 0.2) is 24.3 Å². The third-order valence-electron chi connectivity index (χ3n) is 10.8. The Morgan fingerprint density at radius 3 is 2.24 bits per heavy atom. The Morgan fingerprint density at radius 1 is 1.06 bits per heavy atom. The van der Waals surface area contributed by atoms with Crippen molar-refractivity contribution >= 4 is 17.4 Å². The summed E-state index contributed by atoms with van der Waals surface area (Å²) in [6.07, 6.45) is -6.88. The van der Waals surface area contributed by atoms with Gasteiger partial charge in [0.25, 0.3) is 0 Å². The number of nitrogens with zero attached hydrogens (tertiary/aromatic N) is 2. The maximum atomic E-state index is 14.0. The highest BCUT2D eigenvalue weighted by atomic mass is 16.7. The van der Waals surface area contributed by atoms with Crippen LogP contribution in [-0.2, 0) is 28.5 Å². The van der Waals surface area contributed by atoms with Crippen molar-refractivity contribution < 1.29 is 53.5 Å². The van der Waals surface area contributed by atoms with Gasteiger partial charge in [-0.05, 0) is 67.1 Å². The summed E-state index contributed by atoms with van der Waals surface area (Å²) >= 11 is 0. The highest BCUT2D eigenvalue weighted by molar-refractivity contribution is 5.83. The van der Waals surface area contributed by atoms with E-state index < -0.39 is 82.6 Å². The number of Topliss-reactive ketones (excluding diaryl/α,β-unsaturated/α-hetero) is 1. The summed E-state index contributed by atoms with van der Waals surface area (Å²) in [5.41, 5.74) is -3.65. The van der Waals surface area contributed by atoms with E-state index in [0.29, 0.717) is 6.42 Å². The number of nitro benzene ring substituents is 1. The van der Waals surface area contributed by atoms with Crippen molar-refractivity contribution in [2.75, 3.05) is 21.2 Å². The number of likely N-dealkylation sites (N-methyl/N-ethyl adjacent to an activating group) is 1. The molecule has 50 heavy (non-hydrogen) atoms. The number of ether oxygens (including phenoxy) is 5. The number of hydrogen-bond donors (Lipinski definition) is 3. The first kappa shape index (κ1) is 41.7. The van der Waals surface area contributed by atoms with Gasteiger partial charge in [0.15, 0.2) is 12.0 Å². The van der Waals surface area contributed by atoms with Crippen LogP contribution in [-0.4, -0.2) is 118 Å². The fourth-order valence-corrected chi connectivity index (χ4v) is 7.64. The number of nitro groups is 1. The topological polar surface area (TPSA) is 187 Å². The maximum Gasteiger partial charge on any atom is 0.312 e. The third-order valence-corrected chi connectivity index (χ3v) is 10.8. The van der Waals surface area contributed by atoms with Crippen molar-refractivity contribution in [2.45, 2.75) is 135 Å². The molecule has 0 saturated carbocycles. The van der Waals surface area contributed by atoms with Gasteiger partial charge in [0.05, 0.1) is 34.8 Å². The molecule has 0 aromatic heterocycles. The molecule has 0 aliphatic carbocycles. The number of ketones is 1. The summed E-state index contributed by atoms with van der Waals surface area (Å²) in [6, 6.07) is 5.46. The number of cyclic esters (lactones) is 1. The fraction of sp³-hybridized carbons (Fsp3) is 0.778. The number of aliphatic hydroxyl groups excluding tert-OH is 2. The van der Waals surface area contributed by atoms with E-state index in [9.17, 15) is 35.0 Å². The zero-order chi connectivity index (χ0) is 37.9. The van der Waals surface area contributed by atoms with Crippen LogP contribution >= 0.6 is 0 Å². The summed E-state index contributed by atoms with van der Waals surface area (Å²) in [6.45, 7) is 13.1. The largest absolute Gasteiger partial charge is 0.482 e. The van der Waals surface area contributed by atoms with Crippen molar-refractivity contribution in [3.8, 4) is 5.75 Å². The normalized spacial score (nSPS) is 40.9. The molecule has 14 atom stereocenters. The van der Waals surface area contributed by atoms with Crippen molar-refractivity contribution in [1.82, 2.24) is 4.90 Å². The smallest absolute Gasteiger partial charge is 0.312 e. The Morgan fingerprint density at radius 2 is 1.68 bits per heavy atom. The van der Waals surface area contributed by atoms with Crippen molar-refractivity contribution in [3.63, 3.8) is 0 Å². The van der Waals surface area contributed by atoms with Gasteiger partial charge in [-0.15, -0.1) is 0 Å². The summed E-state index contributed by atoms with van der Waals surface area (Å²) in [7, 11) is 5.15. The van der Waals surface area contributed by atoms with Crippen molar-refractivity contribution in [3.05, 3.63) is 34.4 Å². The zero-order valence-electron chi connectivity index (χ0n) is 31.3. The fourth-order valence-electron chi connectivity index (χ4n) is 7.64. The lowest BCUT2D eigenvalue weighted by atomic mass is 9.74. The number of benzene rings is 1. The molecule has 0 unspecified atom stereocenters. The summed E-state index contributed by atoms with van der Waals surface area (Å²) in [5.74, 6) is -5.01. The van der Waals surface area contributed by atoms with Gasteiger partial charge in [-0.25, -0.2) is 0 Å². The number of para-hydroxylation sites is 2. The van der Waals surface area contributed by atoms with Crippen LogP contribution in [0.2, 0.25) is 0 Å². The Labute approximate surface area is 295 Å². The molecule has 2 aliphatic rings. The summed E-state index contributed by atoms with van der Waals surface area (Å²) in [4.78, 5) is 41.2. The minimum Gasteiger partial charge on any atom is -0.482 e. The lowest BCUT2D eigenvalue weighted by molar-refractivity contribution is -0.386. The molecular weight excluding hydrogens is 652 g/mol. The van der Waals surface area contributed by atoms with Gasteiger partial charge in [0.1, 0.15) is 29.7 Å². The second-order valence-corrected chi connectivity index (χ2v) is 14.9. The molecule has 3 rings (SSSR count). The first-order chi connectivity index (χ1) is 23.2. The molecule has 2 heterocycles. The predicted molar refractivity (Wildman–Crippen MR) is 183 cm³/mol. The molecule has 1 aromatic carbocycles. The van der Waals surface area contributed by atoms with E-state index in [-0.39, 0.29) is 42.2 Å². The second-order valence-electron chi connectivity index (χ2n) is 14.9. The lowest BCUT2D eigenvalue weighted by Gasteiger charge is -2.48. The molecule has 2 fully saturated rings. The van der Waals surface area contributed by atoms with Gasteiger partial charge in [-0.1, -0.05) is 39.8 Å². The minimum absolute atomic E-state index is 0.0558. The average molecular weight is 711 g/mol. The molecule has 0 bridgehead atoms. The van der Waals surface area contributed by atoms with Crippen LogP contribution in [0.5, 0.6) is 5.75 Å². The van der Waals surface area contributed by atoms with Crippen molar-refractivity contribution in [1.29, 1.82) is 0 Å². The maximum absolute atomic E-state index is 14.0. The van der Waals surface area contributed by atoms with Crippen molar-refractivity contribution in [2.24, 2.45) is 23.7 Å². The molecule has 0 radical (unpaired) electrons. The molecule has 2 aliphatic heterocycles. The first-order valence-electron chi connectivity index (χ1n) is 17.5. The molecule has 14 heteroatoms. The Bertz CT molecular complexity index is 1330. The van der Waals surface area contributed by atoms with E-state index in [1.54, 1.807) is 40.7 Å². The number of hydrogen-bond acceptors (Lipinski definition) is 13. The predicted octanol–water partition coefficient (Wildman–Crippen LogP) is 3.51. The standard InChI is InChI=1S/C36H58N2O12/c1-12-27-36(8,43)31(41)21(4)28(39)19(2)18-35(7,46-11)32(50-34-29(40)25(37(9)10)17-20(3)47-34)22(5)30(23(6)33(42)49-27)48-26-16-14-13-15-24(26)38(44)45/h13-16,19-23,25,27,29-32,34,40-41,43H,12,17-18H2,1-11H3/t19-,20-,21+,22+,23-,25+,27-,29-,30+,31-,32-,34+,35-,36-/m1/s1. The molecule has 0 spiro atoms. The quantitative estimate of drug-likeness (QED) is 0.202. The van der Waals surface area contributed by atoms with E-state index in [4.69, 9.17) is 23.7 Å². The SMILES string of the molecule is CC[C@H]1OC(=O)[C@H](C)[C@@H](Oc2ccccc2[N+](=O)[O-])[C@H](C)[C@@H](O[C@@H]2O[C@H](C)C[C@H](N(C)C)[C@H]2O)[C@](C)(OC)C[C@@H](C)C(=O)[C@H](C)[C@@H](O)[C@]1(C)O. The van der Waals surface area contributed by atoms with E-state index in [2.05, 4.69) is 0 Å². The highest BCUT2D eigenvalue weighted by Gasteiger charge is 2.52. The summed E-state index contributed by atoms with van der Waals surface area (Å²) < 4.78 is 31.3. The lowest BCUT2D eigenvalue weighted by Crippen LogP contribution is -2.60.